The van der Waals surface area contributed by atoms with Crippen LogP contribution in [0.3, 0.4) is 0 Å². The fraction of sp³-hybridized carbons (Fsp3) is 0.417. The summed E-state index contributed by atoms with van der Waals surface area (Å²) < 4.78 is 0. The smallest absolute Gasteiger partial charge is 0.0609 e. The summed E-state index contributed by atoms with van der Waals surface area (Å²) in [7, 11) is 0. The summed E-state index contributed by atoms with van der Waals surface area (Å²) in [6.07, 6.45) is 8.59. The minimum Gasteiger partial charge on any atom is -0.357 e. The van der Waals surface area contributed by atoms with E-state index in [1.807, 2.05) is 6.07 Å². The lowest BCUT2D eigenvalue weighted by atomic mass is 9.81. The minimum absolute atomic E-state index is 0.417. The van der Waals surface area contributed by atoms with E-state index in [1.165, 1.54) is 66.2 Å². The van der Waals surface area contributed by atoms with Crippen molar-refractivity contribution in [1.82, 2.24) is 10.3 Å². The molecule has 0 bridgehead atoms. The van der Waals surface area contributed by atoms with Crippen LogP contribution in [-0.2, 0) is 6.42 Å². The van der Waals surface area contributed by atoms with Gasteiger partial charge in [0.1, 0.15) is 0 Å². The van der Waals surface area contributed by atoms with Crippen molar-refractivity contribution in [3.8, 4) is 0 Å². The second kappa shape index (κ2) is 7.61. The van der Waals surface area contributed by atoms with E-state index in [0.29, 0.717) is 12.1 Å². The molecule has 2 aromatic carbocycles. The maximum Gasteiger partial charge on any atom is 0.0609 e. The summed E-state index contributed by atoms with van der Waals surface area (Å²) >= 11 is 0. The first-order chi connectivity index (χ1) is 13.8. The Bertz CT molecular complexity index is 941. The molecule has 0 saturated heterocycles. The molecule has 2 aliphatic carbocycles. The number of anilines is 1. The van der Waals surface area contributed by atoms with Crippen molar-refractivity contribution < 1.29 is 5.21 Å². The molecule has 1 heterocycles. The van der Waals surface area contributed by atoms with Gasteiger partial charge >= 0.3 is 0 Å². The van der Waals surface area contributed by atoms with Crippen molar-refractivity contribution in [3.63, 3.8) is 0 Å². The monoisotopic (exact) mass is 375 g/mol. The molecule has 1 unspecified atom stereocenters. The Hall–Kier alpha value is -2.30. The molecule has 2 aliphatic rings. The standard InChI is InChI=1S/C24H29N3O/c28-27-19-13-14-22-21(15-19)20-7-4-8-23(24(20)26-22)25-18-11-9-17(10-12-18)16-5-2-1-3-6-16/h1-3,5-6,13-15,17-18,23,25-28H,4,7-12H2. The number of aromatic amines is 1. The molecular weight excluding hydrogens is 346 g/mol. The first-order valence-corrected chi connectivity index (χ1v) is 10.7. The number of aromatic nitrogens is 1. The lowest BCUT2D eigenvalue weighted by Gasteiger charge is -2.34. The third-order valence-corrected chi connectivity index (χ3v) is 6.77. The fourth-order valence-electron chi connectivity index (χ4n) is 5.30. The van der Waals surface area contributed by atoms with E-state index in [0.717, 1.165) is 18.0 Å². The van der Waals surface area contributed by atoms with Crippen molar-refractivity contribution >= 4 is 16.6 Å². The van der Waals surface area contributed by atoms with Gasteiger partial charge in [-0.3, -0.25) is 10.7 Å². The van der Waals surface area contributed by atoms with E-state index in [1.54, 1.807) is 0 Å². The molecule has 0 spiro atoms. The predicted molar refractivity (Wildman–Crippen MR) is 114 cm³/mol. The van der Waals surface area contributed by atoms with Crippen LogP contribution in [0.5, 0.6) is 0 Å². The van der Waals surface area contributed by atoms with E-state index in [-0.39, 0.29) is 0 Å². The van der Waals surface area contributed by atoms with Crippen LogP contribution in [0.1, 0.15) is 67.3 Å². The van der Waals surface area contributed by atoms with Crippen LogP contribution in [0, 0.1) is 0 Å². The molecule has 4 nitrogen and oxygen atoms in total. The van der Waals surface area contributed by atoms with Crippen LogP contribution >= 0.6 is 0 Å². The van der Waals surface area contributed by atoms with Gasteiger partial charge in [0.15, 0.2) is 0 Å². The van der Waals surface area contributed by atoms with Gasteiger partial charge in [-0.2, -0.15) is 0 Å². The fourth-order valence-corrected chi connectivity index (χ4v) is 5.30. The third kappa shape index (κ3) is 3.31. The van der Waals surface area contributed by atoms with Gasteiger partial charge in [-0.05, 0) is 80.2 Å². The number of hydrogen-bond acceptors (Lipinski definition) is 3. The summed E-state index contributed by atoms with van der Waals surface area (Å²) in [5.74, 6) is 0.721. The van der Waals surface area contributed by atoms with Gasteiger partial charge in [-0.25, -0.2) is 0 Å². The Morgan fingerprint density at radius 2 is 1.75 bits per heavy atom. The molecule has 1 fully saturated rings. The number of benzene rings is 2. The molecular formula is C24H29N3O. The molecule has 3 aromatic rings. The lowest BCUT2D eigenvalue weighted by Crippen LogP contribution is -2.37. The van der Waals surface area contributed by atoms with Crippen LogP contribution in [0.4, 0.5) is 5.69 Å². The molecule has 28 heavy (non-hydrogen) atoms. The van der Waals surface area contributed by atoms with Crippen molar-refractivity contribution in [2.45, 2.75) is 62.9 Å². The number of aryl methyl sites for hydroxylation is 1. The highest BCUT2D eigenvalue weighted by Gasteiger charge is 2.28. The summed E-state index contributed by atoms with van der Waals surface area (Å²) in [4.78, 5) is 3.67. The van der Waals surface area contributed by atoms with Gasteiger partial charge in [-0.1, -0.05) is 30.3 Å². The molecule has 1 saturated carbocycles. The highest BCUT2D eigenvalue weighted by molar-refractivity contribution is 5.88. The molecule has 4 heteroatoms. The topological polar surface area (TPSA) is 60.1 Å². The maximum absolute atomic E-state index is 9.24. The molecule has 0 amide bonds. The average molecular weight is 376 g/mol. The Kier molecular flexibility index (Phi) is 4.83. The van der Waals surface area contributed by atoms with Crippen molar-refractivity contribution in [3.05, 3.63) is 65.4 Å². The van der Waals surface area contributed by atoms with E-state index in [2.05, 4.69) is 58.2 Å². The SMILES string of the molecule is ONc1ccc2[nH]c3c(c2c1)CCCC3NC1CCC(c2ccccc2)CC1. The van der Waals surface area contributed by atoms with Gasteiger partial charge < -0.3 is 10.3 Å². The second-order valence-electron chi connectivity index (χ2n) is 8.46. The van der Waals surface area contributed by atoms with Crippen molar-refractivity contribution in [1.29, 1.82) is 0 Å². The van der Waals surface area contributed by atoms with E-state index in [4.69, 9.17) is 0 Å². The molecule has 146 valence electrons. The molecule has 1 aromatic heterocycles. The third-order valence-electron chi connectivity index (χ3n) is 6.77. The van der Waals surface area contributed by atoms with Crippen LogP contribution in [0.15, 0.2) is 48.5 Å². The van der Waals surface area contributed by atoms with E-state index in [9.17, 15) is 5.21 Å². The highest BCUT2D eigenvalue weighted by atomic mass is 16.5. The summed E-state index contributed by atoms with van der Waals surface area (Å²) in [6, 6.07) is 18.1. The zero-order valence-electron chi connectivity index (χ0n) is 16.2. The molecule has 4 N–H and O–H groups in total. The van der Waals surface area contributed by atoms with Crippen molar-refractivity contribution in [2.24, 2.45) is 0 Å². The Labute approximate surface area is 166 Å². The Morgan fingerprint density at radius 1 is 0.929 bits per heavy atom. The van der Waals surface area contributed by atoms with Crippen LogP contribution in [-0.4, -0.2) is 16.2 Å². The number of fused-ring (bicyclic) bond motifs is 3. The summed E-state index contributed by atoms with van der Waals surface area (Å²) in [6.45, 7) is 0. The zero-order valence-corrected chi connectivity index (χ0v) is 16.2. The second-order valence-corrected chi connectivity index (χ2v) is 8.46. The first kappa shape index (κ1) is 17.8. The van der Waals surface area contributed by atoms with Gasteiger partial charge in [0.2, 0.25) is 0 Å². The van der Waals surface area contributed by atoms with E-state index < -0.39 is 0 Å². The van der Waals surface area contributed by atoms with Gasteiger partial charge in [0, 0.05) is 28.7 Å². The van der Waals surface area contributed by atoms with Crippen LogP contribution in [0.25, 0.3) is 10.9 Å². The number of hydrogen-bond donors (Lipinski definition) is 4. The first-order valence-electron chi connectivity index (χ1n) is 10.7. The van der Waals surface area contributed by atoms with Gasteiger partial charge in [-0.15, -0.1) is 0 Å². The predicted octanol–water partition coefficient (Wildman–Crippen LogP) is 5.66. The maximum atomic E-state index is 9.24. The minimum atomic E-state index is 0.417. The largest absolute Gasteiger partial charge is 0.357 e. The Morgan fingerprint density at radius 3 is 2.54 bits per heavy atom. The number of H-pyrrole nitrogens is 1. The number of nitrogens with one attached hydrogen (secondary N) is 3. The molecule has 0 aliphatic heterocycles. The van der Waals surface area contributed by atoms with Crippen molar-refractivity contribution in [2.75, 3.05) is 5.48 Å². The van der Waals surface area contributed by atoms with Gasteiger partial charge in [0.25, 0.3) is 0 Å². The summed E-state index contributed by atoms with van der Waals surface area (Å²) in [5.41, 5.74) is 8.50. The highest BCUT2D eigenvalue weighted by Crippen LogP contribution is 2.38. The Balaban J connectivity index is 1.30. The van der Waals surface area contributed by atoms with Gasteiger partial charge in [0.05, 0.1) is 5.69 Å². The van der Waals surface area contributed by atoms with E-state index >= 15 is 0 Å². The summed E-state index contributed by atoms with van der Waals surface area (Å²) in [5, 5.41) is 14.5. The number of rotatable bonds is 4. The zero-order chi connectivity index (χ0) is 18.9. The average Bonchev–Trinajstić information content (AvgIpc) is 3.14. The quantitative estimate of drug-likeness (QED) is 0.445. The van der Waals surface area contributed by atoms with Crippen LogP contribution in [0.2, 0.25) is 0 Å². The lowest BCUT2D eigenvalue weighted by molar-refractivity contribution is 0.300. The molecule has 5 rings (SSSR count). The molecule has 1 atom stereocenters. The normalized spacial score (nSPS) is 24.8. The van der Waals surface area contributed by atoms with Crippen LogP contribution < -0.4 is 10.8 Å². The molecule has 0 radical (unpaired) electrons.